The van der Waals surface area contributed by atoms with E-state index in [1.807, 2.05) is 0 Å². The number of hydrazone groups is 1. The molecule has 0 unspecified atom stereocenters. The lowest BCUT2D eigenvalue weighted by Gasteiger charge is -2.10. The maximum Gasteiger partial charge on any atom is 0.343 e. The minimum Gasteiger partial charge on any atom is -0.493 e. The number of hydrogen-bond acceptors (Lipinski definition) is 7. The van der Waals surface area contributed by atoms with Gasteiger partial charge in [0.15, 0.2) is 11.5 Å². The van der Waals surface area contributed by atoms with Crippen LogP contribution in [0.5, 0.6) is 11.5 Å². The molecule has 39 heavy (non-hydrogen) atoms. The minimum atomic E-state index is -3.81. The Balaban J connectivity index is 1.36. The molecule has 4 rings (SSSR count). The topological polar surface area (TPSA) is 123 Å². The molecule has 0 atom stereocenters. The van der Waals surface area contributed by atoms with Gasteiger partial charge in [-0.15, -0.1) is 0 Å². The Morgan fingerprint density at radius 3 is 2.21 bits per heavy atom. The molecule has 0 radical (unpaired) electrons. The molecule has 0 fully saturated rings. The molecule has 0 aromatic heterocycles. The summed E-state index contributed by atoms with van der Waals surface area (Å²) >= 11 is 5.81. The average molecular weight is 564 g/mol. The van der Waals surface area contributed by atoms with Crippen molar-refractivity contribution in [3.8, 4) is 11.5 Å². The summed E-state index contributed by atoms with van der Waals surface area (Å²) in [5.41, 5.74) is 3.94. The van der Waals surface area contributed by atoms with Crippen molar-refractivity contribution >= 4 is 45.4 Å². The monoisotopic (exact) mass is 563 g/mol. The van der Waals surface area contributed by atoms with E-state index in [4.69, 9.17) is 21.1 Å². The van der Waals surface area contributed by atoms with Crippen LogP contribution in [0.2, 0.25) is 5.02 Å². The smallest absolute Gasteiger partial charge is 0.343 e. The molecule has 0 saturated carbocycles. The van der Waals surface area contributed by atoms with Gasteiger partial charge in [0.2, 0.25) is 0 Å². The Hall–Kier alpha value is -4.67. The van der Waals surface area contributed by atoms with Crippen LogP contribution in [0.25, 0.3) is 0 Å². The van der Waals surface area contributed by atoms with E-state index >= 15 is 0 Å². The predicted octanol–water partition coefficient (Wildman–Crippen LogP) is 5.13. The normalized spacial score (nSPS) is 11.1. The van der Waals surface area contributed by atoms with E-state index in [9.17, 15) is 18.0 Å². The van der Waals surface area contributed by atoms with Gasteiger partial charge in [-0.3, -0.25) is 9.52 Å². The van der Waals surface area contributed by atoms with Crippen LogP contribution in [0.1, 0.15) is 26.3 Å². The lowest BCUT2D eigenvalue weighted by Crippen LogP contribution is -2.18. The van der Waals surface area contributed by atoms with Crippen LogP contribution in [-0.4, -0.2) is 33.6 Å². The third kappa shape index (κ3) is 7.22. The SMILES string of the molecule is COc1cc(C=NNC(=O)c2ccc(NS(=O)(=O)c3ccc(Cl)cc3)cc2)ccc1OC(=O)c1ccccc1. The third-order valence-corrected chi connectivity index (χ3v) is 6.95. The van der Waals surface area contributed by atoms with E-state index in [0.29, 0.717) is 21.9 Å². The number of anilines is 1. The molecule has 9 nitrogen and oxygen atoms in total. The maximum atomic E-state index is 12.5. The number of benzene rings is 4. The zero-order chi connectivity index (χ0) is 27.8. The number of sulfonamides is 1. The predicted molar refractivity (Wildman–Crippen MR) is 148 cm³/mol. The fourth-order valence-electron chi connectivity index (χ4n) is 3.33. The van der Waals surface area contributed by atoms with Gasteiger partial charge >= 0.3 is 5.97 Å². The minimum absolute atomic E-state index is 0.0575. The molecule has 0 aliphatic rings. The highest BCUT2D eigenvalue weighted by Crippen LogP contribution is 2.28. The fourth-order valence-corrected chi connectivity index (χ4v) is 4.51. The number of rotatable bonds is 9. The molecule has 11 heteroatoms. The highest BCUT2D eigenvalue weighted by atomic mass is 35.5. The van der Waals surface area contributed by atoms with Crippen molar-refractivity contribution in [2.75, 3.05) is 11.8 Å². The highest BCUT2D eigenvalue weighted by molar-refractivity contribution is 7.92. The van der Waals surface area contributed by atoms with E-state index in [0.717, 1.165) is 0 Å². The molecule has 0 spiro atoms. The van der Waals surface area contributed by atoms with Crippen LogP contribution in [0.15, 0.2) is 107 Å². The van der Waals surface area contributed by atoms with Gasteiger partial charge in [0.05, 0.1) is 23.8 Å². The van der Waals surface area contributed by atoms with Crippen molar-refractivity contribution in [3.05, 3.63) is 119 Å². The standard InChI is InChI=1S/C28H22ClN3O6S/c1-37-26-17-19(7-16-25(26)38-28(34)21-5-3-2-4-6-21)18-30-31-27(33)20-8-12-23(13-9-20)32-39(35,36)24-14-10-22(29)11-15-24/h2-18,32H,1H3,(H,31,33). The number of hydrogen-bond donors (Lipinski definition) is 2. The van der Waals surface area contributed by atoms with Crippen LogP contribution in [0.4, 0.5) is 5.69 Å². The molecule has 0 aliphatic heterocycles. The first-order chi connectivity index (χ1) is 18.7. The zero-order valence-corrected chi connectivity index (χ0v) is 22.1. The van der Waals surface area contributed by atoms with Gasteiger partial charge in [-0.25, -0.2) is 18.6 Å². The van der Waals surface area contributed by atoms with E-state index in [1.165, 1.54) is 61.9 Å². The summed E-state index contributed by atoms with van der Waals surface area (Å²) in [7, 11) is -2.37. The van der Waals surface area contributed by atoms with Crippen LogP contribution in [-0.2, 0) is 10.0 Å². The molecular formula is C28H22ClN3O6S. The highest BCUT2D eigenvalue weighted by Gasteiger charge is 2.15. The summed E-state index contributed by atoms with van der Waals surface area (Å²) in [6.45, 7) is 0. The van der Waals surface area contributed by atoms with Gasteiger partial charge in [-0.1, -0.05) is 29.8 Å². The molecule has 2 N–H and O–H groups in total. The largest absolute Gasteiger partial charge is 0.493 e. The molecule has 0 aliphatic carbocycles. The summed E-state index contributed by atoms with van der Waals surface area (Å²) < 4.78 is 38.2. The number of esters is 1. The summed E-state index contributed by atoms with van der Waals surface area (Å²) in [5, 5.41) is 4.37. The lowest BCUT2D eigenvalue weighted by molar-refractivity contribution is 0.0729. The summed E-state index contributed by atoms with van der Waals surface area (Å²) in [6, 6.07) is 25.0. The number of nitrogens with one attached hydrogen (secondary N) is 2. The Kier molecular flexibility index (Phi) is 8.60. The van der Waals surface area contributed by atoms with Crippen molar-refractivity contribution in [2.24, 2.45) is 5.10 Å². The molecule has 1 amide bonds. The van der Waals surface area contributed by atoms with Crippen molar-refractivity contribution in [3.63, 3.8) is 0 Å². The molecular weight excluding hydrogens is 542 g/mol. The second-order valence-corrected chi connectivity index (χ2v) is 10.1. The first-order valence-corrected chi connectivity index (χ1v) is 13.3. The van der Waals surface area contributed by atoms with Crippen molar-refractivity contribution < 1.29 is 27.5 Å². The van der Waals surface area contributed by atoms with Crippen molar-refractivity contribution in [1.29, 1.82) is 0 Å². The quantitative estimate of drug-likeness (QED) is 0.126. The van der Waals surface area contributed by atoms with Gasteiger partial charge in [-0.2, -0.15) is 5.10 Å². The van der Waals surface area contributed by atoms with Gasteiger partial charge in [0.1, 0.15) is 0 Å². The number of ether oxygens (including phenoxy) is 2. The lowest BCUT2D eigenvalue weighted by atomic mass is 10.2. The van der Waals surface area contributed by atoms with Crippen LogP contribution in [0, 0.1) is 0 Å². The van der Waals surface area contributed by atoms with E-state index in [-0.39, 0.29) is 21.9 Å². The Bertz CT molecular complexity index is 1610. The van der Waals surface area contributed by atoms with Crippen LogP contribution in [0.3, 0.4) is 0 Å². The van der Waals surface area contributed by atoms with E-state index in [1.54, 1.807) is 48.5 Å². The van der Waals surface area contributed by atoms with Gasteiger partial charge < -0.3 is 9.47 Å². The maximum absolute atomic E-state index is 12.5. The Morgan fingerprint density at radius 2 is 1.54 bits per heavy atom. The molecule has 4 aromatic carbocycles. The second-order valence-electron chi connectivity index (χ2n) is 8.00. The fraction of sp³-hybridized carbons (Fsp3) is 0.0357. The molecule has 0 heterocycles. The second kappa shape index (κ2) is 12.2. The number of carbonyl (C=O) groups excluding carboxylic acids is 2. The molecule has 0 bridgehead atoms. The number of halogens is 1. The summed E-state index contributed by atoms with van der Waals surface area (Å²) in [6.07, 6.45) is 1.40. The number of nitrogens with zero attached hydrogens (tertiary/aromatic N) is 1. The zero-order valence-electron chi connectivity index (χ0n) is 20.5. The van der Waals surface area contributed by atoms with Gasteiger partial charge in [-0.05, 0) is 84.4 Å². The Morgan fingerprint density at radius 1 is 0.846 bits per heavy atom. The van der Waals surface area contributed by atoms with E-state index in [2.05, 4.69) is 15.2 Å². The first-order valence-electron chi connectivity index (χ1n) is 11.4. The first kappa shape index (κ1) is 27.4. The summed E-state index contributed by atoms with van der Waals surface area (Å²) in [4.78, 5) is 24.8. The third-order valence-electron chi connectivity index (χ3n) is 5.30. The van der Waals surface area contributed by atoms with Crippen LogP contribution < -0.4 is 19.6 Å². The molecule has 4 aromatic rings. The molecule has 0 saturated heterocycles. The number of methoxy groups -OCH3 is 1. The number of carbonyl (C=O) groups is 2. The summed E-state index contributed by atoms with van der Waals surface area (Å²) in [5.74, 6) is -0.476. The molecule has 198 valence electrons. The van der Waals surface area contributed by atoms with Gasteiger partial charge in [0, 0.05) is 16.3 Å². The van der Waals surface area contributed by atoms with Gasteiger partial charge in [0.25, 0.3) is 15.9 Å². The van der Waals surface area contributed by atoms with Crippen molar-refractivity contribution in [1.82, 2.24) is 5.43 Å². The average Bonchev–Trinajstić information content (AvgIpc) is 2.94. The van der Waals surface area contributed by atoms with Crippen molar-refractivity contribution in [2.45, 2.75) is 4.90 Å². The van der Waals surface area contributed by atoms with Crippen LogP contribution >= 0.6 is 11.6 Å². The Labute approximate surface area is 230 Å². The number of amides is 1. The van der Waals surface area contributed by atoms with E-state index < -0.39 is 21.9 Å².